The first-order chi connectivity index (χ1) is 10.5. The van der Waals surface area contributed by atoms with E-state index in [9.17, 15) is 0 Å². The number of benzene rings is 1. The van der Waals surface area contributed by atoms with Crippen LogP contribution < -0.4 is 0 Å². The summed E-state index contributed by atoms with van der Waals surface area (Å²) in [6.07, 6.45) is 2.93. The van der Waals surface area contributed by atoms with Crippen molar-refractivity contribution in [3.05, 3.63) is 46.4 Å². The number of thioether (sulfide) groups is 1. The number of hydrogen-bond donors (Lipinski definition) is 0. The molecular formula is C20H28OS. The van der Waals surface area contributed by atoms with Crippen molar-refractivity contribution < 1.29 is 4.74 Å². The largest absolute Gasteiger partial charge is 0.372 e. The molecule has 1 fully saturated rings. The fourth-order valence-corrected chi connectivity index (χ4v) is 5.50. The van der Waals surface area contributed by atoms with E-state index in [4.69, 9.17) is 4.74 Å². The predicted octanol–water partition coefficient (Wildman–Crippen LogP) is 5.66. The van der Waals surface area contributed by atoms with Crippen molar-refractivity contribution in [2.24, 2.45) is 17.3 Å². The highest BCUT2D eigenvalue weighted by molar-refractivity contribution is 8.03. The van der Waals surface area contributed by atoms with Gasteiger partial charge in [0.25, 0.3) is 0 Å². The number of rotatable bonds is 5. The van der Waals surface area contributed by atoms with Crippen LogP contribution in [0.4, 0.5) is 0 Å². The van der Waals surface area contributed by atoms with E-state index in [-0.39, 0.29) is 5.41 Å². The summed E-state index contributed by atoms with van der Waals surface area (Å²) in [4.78, 5) is 1.64. The molecule has 1 saturated carbocycles. The molecule has 3 atom stereocenters. The smallest absolute Gasteiger partial charge is 0.0721 e. The maximum absolute atomic E-state index is 6.47. The van der Waals surface area contributed by atoms with Crippen LogP contribution in [0.3, 0.4) is 0 Å². The van der Waals surface area contributed by atoms with E-state index >= 15 is 0 Å². The van der Waals surface area contributed by atoms with Crippen LogP contribution in [0.5, 0.6) is 0 Å². The molecule has 1 nitrogen and oxygen atoms in total. The van der Waals surface area contributed by atoms with Gasteiger partial charge in [-0.25, -0.2) is 0 Å². The molecule has 2 aliphatic rings. The van der Waals surface area contributed by atoms with Gasteiger partial charge in [-0.05, 0) is 47.3 Å². The molecule has 0 unspecified atom stereocenters. The predicted molar refractivity (Wildman–Crippen MR) is 95.8 cm³/mol. The minimum atomic E-state index is 0.286. The zero-order chi connectivity index (χ0) is 15.7. The Hall–Kier alpha value is -0.730. The van der Waals surface area contributed by atoms with Gasteiger partial charge in [-0.1, -0.05) is 56.7 Å². The molecule has 1 aromatic rings. The van der Waals surface area contributed by atoms with Crippen LogP contribution in [-0.4, -0.2) is 11.9 Å². The summed E-state index contributed by atoms with van der Waals surface area (Å²) >= 11 is 2.04. The second-order valence-corrected chi connectivity index (χ2v) is 8.80. The van der Waals surface area contributed by atoms with Crippen LogP contribution in [0.1, 0.15) is 46.1 Å². The summed E-state index contributed by atoms with van der Waals surface area (Å²) in [5, 5.41) is 0. The van der Waals surface area contributed by atoms with Gasteiger partial charge in [-0.3, -0.25) is 0 Å². The molecule has 2 aliphatic carbocycles. The Morgan fingerprint density at radius 1 is 1.23 bits per heavy atom. The van der Waals surface area contributed by atoms with E-state index in [1.54, 1.807) is 10.5 Å². The van der Waals surface area contributed by atoms with Gasteiger partial charge in [-0.15, -0.1) is 11.8 Å². The molecule has 0 amide bonds. The minimum Gasteiger partial charge on any atom is -0.372 e. The van der Waals surface area contributed by atoms with Gasteiger partial charge in [0.05, 0.1) is 12.7 Å². The van der Waals surface area contributed by atoms with E-state index in [1.165, 1.54) is 24.2 Å². The molecule has 0 spiro atoms. The van der Waals surface area contributed by atoms with Gasteiger partial charge < -0.3 is 4.74 Å². The highest BCUT2D eigenvalue weighted by Gasteiger charge is 2.52. The third-order valence-electron chi connectivity index (χ3n) is 5.37. The lowest BCUT2D eigenvalue weighted by atomic mass is 9.85. The Morgan fingerprint density at radius 3 is 2.64 bits per heavy atom. The Balaban J connectivity index is 1.76. The molecular weight excluding hydrogens is 288 g/mol. The first kappa shape index (κ1) is 16.1. The van der Waals surface area contributed by atoms with Gasteiger partial charge in [-0.2, -0.15) is 0 Å². The number of ether oxygens (including phenoxy) is 1. The molecule has 0 aromatic heterocycles. The van der Waals surface area contributed by atoms with E-state index in [0.717, 1.165) is 12.5 Å². The molecule has 0 N–H and O–H groups in total. The molecule has 2 heteroatoms. The summed E-state index contributed by atoms with van der Waals surface area (Å²) in [5.74, 6) is 2.61. The van der Waals surface area contributed by atoms with Crippen molar-refractivity contribution in [3.8, 4) is 0 Å². The van der Waals surface area contributed by atoms with Gasteiger partial charge in [0.15, 0.2) is 0 Å². The van der Waals surface area contributed by atoms with E-state index in [1.807, 2.05) is 11.8 Å². The van der Waals surface area contributed by atoms with Crippen molar-refractivity contribution in [3.63, 3.8) is 0 Å². The Labute approximate surface area is 139 Å². The van der Waals surface area contributed by atoms with Crippen molar-refractivity contribution in [2.45, 2.75) is 53.2 Å². The SMILES string of the molecule is CCSC1=C(C)[C@H]2[C@@H](C1)CC(C)(C)[C@@H]2OCc1ccccc1. The zero-order valence-corrected chi connectivity index (χ0v) is 15.1. The summed E-state index contributed by atoms with van der Waals surface area (Å²) in [6.45, 7) is 10.1. The Kier molecular flexibility index (Phi) is 4.70. The van der Waals surface area contributed by atoms with E-state index in [2.05, 4.69) is 58.0 Å². The average Bonchev–Trinajstić information content (AvgIpc) is 2.91. The topological polar surface area (TPSA) is 9.23 Å². The Morgan fingerprint density at radius 2 is 1.95 bits per heavy atom. The van der Waals surface area contributed by atoms with Crippen LogP contribution in [-0.2, 0) is 11.3 Å². The van der Waals surface area contributed by atoms with Crippen molar-refractivity contribution in [2.75, 3.05) is 5.75 Å². The highest BCUT2D eigenvalue weighted by Crippen LogP contribution is 2.57. The van der Waals surface area contributed by atoms with E-state index in [0.29, 0.717) is 12.0 Å². The fraction of sp³-hybridized carbons (Fsp3) is 0.600. The lowest BCUT2D eigenvalue weighted by Crippen LogP contribution is -2.31. The highest BCUT2D eigenvalue weighted by atomic mass is 32.2. The molecule has 0 radical (unpaired) electrons. The second kappa shape index (κ2) is 6.41. The number of hydrogen-bond acceptors (Lipinski definition) is 2. The zero-order valence-electron chi connectivity index (χ0n) is 14.3. The van der Waals surface area contributed by atoms with Crippen LogP contribution in [0, 0.1) is 17.3 Å². The second-order valence-electron chi connectivity index (χ2n) is 7.44. The first-order valence-corrected chi connectivity index (χ1v) is 9.49. The van der Waals surface area contributed by atoms with Crippen molar-refractivity contribution in [1.29, 1.82) is 0 Å². The van der Waals surface area contributed by atoms with Crippen LogP contribution in [0.15, 0.2) is 40.8 Å². The molecule has 3 rings (SSSR count). The number of allylic oxidation sites excluding steroid dienone is 1. The Bertz CT molecular complexity index is 546. The summed E-state index contributed by atoms with van der Waals surface area (Å²) in [7, 11) is 0. The third kappa shape index (κ3) is 3.00. The molecule has 22 heavy (non-hydrogen) atoms. The van der Waals surface area contributed by atoms with Gasteiger partial charge in [0.2, 0.25) is 0 Å². The minimum absolute atomic E-state index is 0.286. The van der Waals surface area contributed by atoms with Crippen molar-refractivity contribution in [1.82, 2.24) is 0 Å². The lowest BCUT2D eigenvalue weighted by Gasteiger charge is -2.31. The lowest BCUT2D eigenvalue weighted by molar-refractivity contribution is -0.0345. The molecule has 0 saturated heterocycles. The average molecular weight is 317 g/mol. The molecule has 120 valence electrons. The van der Waals surface area contributed by atoms with Gasteiger partial charge in [0, 0.05) is 5.92 Å². The maximum atomic E-state index is 6.47. The summed E-state index contributed by atoms with van der Waals surface area (Å²) < 4.78 is 6.47. The van der Waals surface area contributed by atoms with Crippen LogP contribution in [0.2, 0.25) is 0 Å². The molecule has 0 aliphatic heterocycles. The fourth-order valence-electron chi connectivity index (χ4n) is 4.45. The van der Waals surface area contributed by atoms with Crippen LogP contribution in [0.25, 0.3) is 0 Å². The van der Waals surface area contributed by atoms with E-state index < -0.39 is 0 Å². The molecule has 1 aromatic carbocycles. The maximum Gasteiger partial charge on any atom is 0.0721 e. The van der Waals surface area contributed by atoms with Crippen molar-refractivity contribution >= 4 is 11.8 Å². The van der Waals surface area contributed by atoms with Gasteiger partial charge in [0.1, 0.15) is 0 Å². The summed E-state index contributed by atoms with van der Waals surface area (Å²) in [5.41, 5.74) is 3.18. The van der Waals surface area contributed by atoms with Gasteiger partial charge >= 0.3 is 0 Å². The summed E-state index contributed by atoms with van der Waals surface area (Å²) in [6, 6.07) is 10.6. The molecule has 0 bridgehead atoms. The third-order valence-corrected chi connectivity index (χ3v) is 6.50. The van der Waals surface area contributed by atoms with Crippen LogP contribution >= 0.6 is 11.8 Å². The number of fused-ring (bicyclic) bond motifs is 1. The first-order valence-electron chi connectivity index (χ1n) is 8.51. The normalized spacial score (nSPS) is 29.9. The molecule has 0 heterocycles. The quantitative estimate of drug-likeness (QED) is 0.692. The monoisotopic (exact) mass is 316 g/mol. The standard InChI is InChI=1S/C20H28OS/c1-5-22-17-11-16-12-20(3,4)19(18(16)14(17)2)21-13-15-9-7-6-8-10-15/h6-10,16,18-19H,5,11-13H2,1-4H3/t16-,18-,19+/m0/s1.